The first-order valence-corrected chi connectivity index (χ1v) is 6.61. The van der Waals surface area contributed by atoms with Crippen LogP contribution in [0.5, 0.6) is 0 Å². The lowest BCUT2D eigenvalue weighted by atomic mass is 9.97. The van der Waals surface area contributed by atoms with E-state index in [1.807, 2.05) is 0 Å². The second kappa shape index (κ2) is 8.32. The number of aliphatic hydroxyl groups is 1. The second-order valence-corrected chi connectivity index (χ2v) is 4.71. The standard InChI is InChI=1S/C12H17N3O8/c1-5(16)20-4-8-10(21-6(2)17)11(22-7(3)18)9(14-15-13)12(19)23-8/h8-12,19H,4H2,1-3H3/t8?,9?,10-,11-,12?/m0/s1. The summed E-state index contributed by atoms with van der Waals surface area (Å²) in [5, 5.41) is 13.2. The predicted molar refractivity (Wildman–Crippen MR) is 71.6 cm³/mol. The number of nitrogens with zero attached hydrogens (tertiary/aromatic N) is 3. The number of rotatable bonds is 5. The lowest BCUT2D eigenvalue weighted by Crippen LogP contribution is -2.60. The van der Waals surface area contributed by atoms with E-state index < -0.39 is 48.6 Å². The molecule has 0 spiro atoms. The summed E-state index contributed by atoms with van der Waals surface area (Å²) in [5.41, 5.74) is 8.57. The van der Waals surface area contributed by atoms with Crippen LogP contribution in [0.1, 0.15) is 20.8 Å². The molecule has 0 aliphatic carbocycles. The van der Waals surface area contributed by atoms with Crippen LogP contribution in [-0.2, 0) is 33.3 Å². The highest BCUT2D eigenvalue weighted by molar-refractivity contribution is 5.67. The maximum Gasteiger partial charge on any atom is 0.303 e. The summed E-state index contributed by atoms with van der Waals surface area (Å²) < 4.78 is 20.0. The topological polar surface area (TPSA) is 157 Å². The number of carbonyl (C=O) groups is 3. The Kier molecular flexibility index (Phi) is 6.76. The summed E-state index contributed by atoms with van der Waals surface area (Å²) >= 11 is 0. The summed E-state index contributed by atoms with van der Waals surface area (Å²) in [6, 6.07) is -1.33. The summed E-state index contributed by atoms with van der Waals surface area (Å²) in [6.45, 7) is 3.01. The van der Waals surface area contributed by atoms with Gasteiger partial charge in [-0.15, -0.1) is 0 Å². The Morgan fingerprint density at radius 3 is 2.17 bits per heavy atom. The van der Waals surface area contributed by atoms with Gasteiger partial charge in [0, 0.05) is 25.7 Å². The highest BCUT2D eigenvalue weighted by atomic mass is 16.7. The van der Waals surface area contributed by atoms with Crippen LogP contribution in [-0.4, -0.2) is 60.3 Å². The molecule has 0 bridgehead atoms. The van der Waals surface area contributed by atoms with Crippen LogP contribution in [0.15, 0.2) is 5.11 Å². The molecule has 128 valence electrons. The number of azide groups is 1. The normalized spacial score (nSPS) is 29.8. The molecule has 1 rings (SSSR count). The fourth-order valence-electron chi connectivity index (χ4n) is 2.08. The number of esters is 3. The Morgan fingerprint density at radius 2 is 1.70 bits per heavy atom. The van der Waals surface area contributed by atoms with E-state index in [1.54, 1.807) is 0 Å². The van der Waals surface area contributed by atoms with Crippen molar-refractivity contribution in [3.63, 3.8) is 0 Å². The molecule has 0 aromatic rings. The van der Waals surface area contributed by atoms with Gasteiger partial charge in [-0.05, 0) is 5.53 Å². The van der Waals surface area contributed by atoms with E-state index in [0.29, 0.717) is 0 Å². The fraction of sp³-hybridized carbons (Fsp3) is 0.750. The summed E-state index contributed by atoms with van der Waals surface area (Å²) in [7, 11) is 0. The van der Waals surface area contributed by atoms with Gasteiger partial charge < -0.3 is 24.1 Å². The molecule has 1 saturated heterocycles. The molecule has 5 atom stereocenters. The van der Waals surface area contributed by atoms with Crippen molar-refractivity contribution in [3.05, 3.63) is 10.4 Å². The Labute approximate surface area is 131 Å². The van der Waals surface area contributed by atoms with E-state index in [0.717, 1.165) is 20.8 Å². The van der Waals surface area contributed by atoms with E-state index in [2.05, 4.69) is 10.0 Å². The van der Waals surface area contributed by atoms with E-state index in [-0.39, 0.29) is 6.61 Å². The van der Waals surface area contributed by atoms with E-state index in [1.165, 1.54) is 0 Å². The molecule has 0 aromatic heterocycles. The van der Waals surface area contributed by atoms with E-state index in [4.69, 9.17) is 24.5 Å². The van der Waals surface area contributed by atoms with Crippen LogP contribution in [0.25, 0.3) is 10.4 Å². The Morgan fingerprint density at radius 1 is 1.13 bits per heavy atom. The van der Waals surface area contributed by atoms with Gasteiger partial charge in [0.15, 0.2) is 18.5 Å². The average Bonchev–Trinajstić information content (AvgIpc) is 2.42. The minimum Gasteiger partial charge on any atom is -0.463 e. The third kappa shape index (κ3) is 5.40. The van der Waals surface area contributed by atoms with Gasteiger partial charge >= 0.3 is 17.9 Å². The summed E-state index contributed by atoms with van der Waals surface area (Å²) in [4.78, 5) is 36.0. The summed E-state index contributed by atoms with van der Waals surface area (Å²) in [5.74, 6) is -2.09. The SMILES string of the molecule is CC(=O)OCC1OC(O)C(N=[N+]=[N-])[C@H](OC(C)=O)[C@H]1OC(C)=O. The number of carbonyl (C=O) groups excluding carboxylic acids is 3. The molecule has 11 nitrogen and oxygen atoms in total. The van der Waals surface area contributed by atoms with Crippen molar-refractivity contribution in [2.75, 3.05) is 6.61 Å². The molecule has 11 heteroatoms. The van der Waals surface area contributed by atoms with Crippen LogP contribution >= 0.6 is 0 Å². The number of ether oxygens (including phenoxy) is 4. The zero-order chi connectivity index (χ0) is 17.6. The molecule has 1 N–H and O–H groups in total. The van der Waals surface area contributed by atoms with Crippen molar-refractivity contribution in [1.82, 2.24) is 0 Å². The summed E-state index contributed by atoms with van der Waals surface area (Å²) in [6.07, 6.45) is -5.26. The zero-order valence-electron chi connectivity index (χ0n) is 12.7. The fourth-order valence-corrected chi connectivity index (χ4v) is 2.08. The van der Waals surface area contributed by atoms with Gasteiger partial charge in [0.2, 0.25) is 0 Å². The first-order valence-electron chi connectivity index (χ1n) is 6.61. The van der Waals surface area contributed by atoms with Crippen molar-refractivity contribution in [2.45, 2.75) is 51.4 Å². The zero-order valence-corrected chi connectivity index (χ0v) is 12.7. The molecular weight excluding hydrogens is 314 g/mol. The van der Waals surface area contributed by atoms with Crippen molar-refractivity contribution in [3.8, 4) is 0 Å². The Bertz CT molecular complexity index is 518. The van der Waals surface area contributed by atoms with Gasteiger partial charge in [-0.25, -0.2) is 0 Å². The molecule has 0 saturated carbocycles. The van der Waals surface area contributed by atoms with Crippen molar-refractivity contribution >= 4 is 17.9 Å². The van der Waals surface area contributed by atoms with Crippen LogP contribution < -0.4 is 0 Å². The van der Waals surface area contributed by atoms with Crippen molar-refractivity contribution < 1.29 is 38.4 Å². The molecule has 1 aliphatic heterocycles. The first-order chi connectivity index (χ1) is 10.8. The molecule has 1 fully saturated rings. The van der Waals surface area contributed by atoms with Gasteiger partial charge in [-0.1, -0.05) is 5.11 Å². The van der Waals surface area contributed by atoms with E-state index >= 15 is 0 Å². The van der Waals surface area contributed by atoms with Gasteiger partial charge in [0.25, 0.3) is 0 Å². The molecule has 23 heavy (non-hydrogen) atoms. The van der Waals surface area contributed by atoms with Crippen LogP contribution in [0.3, 0.4) is 0 Å². The maximum atomic E-state index is 11.3. The third-order valence-corrected chi connectivity index (χ3v) is 2.87. The highest BCUT2D eigenvalue weighted by Crippen LogP contribution is 2.28. The third-order valence-electron chi connectivity index (χ3n) is 2.87. The van der Waals surface area contributed by atoms with Crippen LogP contribution in [0.4, 0.5) is 0 Å². The lowest BCUT2D eigenvalue weighted by Gasteiger charge is -2.41. The largest absolute Gasteiger partial charge is 0.463 e. The number of hydrogen-bond acceptors (Lipinski definition) is 9. The first kappa shape index (κ1) is 18.7. The van der Waals surface area contributed by atoms with Crippen molar-refractivity contribution in [2.24, 2.45) is 5.11 Å². The molecular formula is C12H17N3O8. The average molecular weight is 331 g/mol. The predicted octanol–water partition coefficient (Wildman–Crippen LogP) is -0.191. The van der Waals surface area contributed by atoms with E-state index in [9.17, 15) is 19.5 Å². The number of aliphatic hydroxyl groups excluding tert-OH is 1. The monoisotopic (exact) mass is 331 g/mol. The highest BCUT2D eigenvalue weighted by Gasteiger charge is 2.49. The molecule has 0 amide bonds. The minimum atomic E-state index is -1.64. The minimum absolute atomic E-state index is 0.356. The molecule has 1 heterocycles. The Hall–Kier alpha value is -2.36. The smallest absolute Gasteiger partial charge is 0.303 e. The lowest BCUT2D eigenvalue weighted by molar-refractivity contribution is -0.260. The Balaban J connectivity index is 3.11. The maximum absolute atomic E-state index is 11.3. The van der Waals surface area contributed by atoms with Gasteiger partial charge in [0.05, 0.1) is 0 Å². The van der Waals surface area contributed by atoms with Gasteiger partial charge in [-0.3, -0.25) is 14.4 Å². The quantitative estimate of drug-likeness (QED) is 0.239. The van der Waals surface area contributed by atoms with Gasteiger partial charge in [-0.2, -0.15) is 0 Å². The van der Waals surface area contributed by atoms with Crippen LogP contribution in [0, 0.1) is 0 Å². The second-order valence-electron chi connectivity index (χ2n) is 4.71. The molecule has 0 radical (unpaired) electrons. The number of hydrogen-bond donors (Lipinski definition) is 1. The van der Waals surface area contributed by atoms with Gasteiger partial charge in [0.1, 0.15) is 18.8 Å². The van der Waals surface area contributed by atoms with Crippen molar-refractivity contribution in [1.29, 1.82) is 0 Å². The molecule has 0 aromatic carbocycles. The molecule has 1 aliphatic rings. The van der Waals surface area contributed by atoms with Crippen LogP contribution in [0.2, 0.25) is 0 Å². The molecule has 3 unspecified atom stereocenters.